The third kappa shape index (κ3) is 5.30. The molecule has 1 aromatic heterocycles. The Kier molecular flexibility index (Phi) is 7.35. The number of hydrogen-bond acceptors (Lipinski definition) is 5. The van der Waals surface area contributed by atoms with Gasteiger partial charge in [0.25, 0.3) is 0 Å². The van der Waals surface area contributed by atoms with E-state index in [0.717, 1.165) is 33.3 Å². The summed E-state index contributed by atoms with van der Waals surface area (Å²) in [5.41, 5.74) is 4.17. The zero-order chi connectivity index (χ0) is 29.2. The molecule has 2 aliphatic rings. The summed E-state index contributed by atoms with van der Waals surface area (Å²) >= 11 is 0. The van der Waals surface area contributed by atoms with Crippen LogP contribution in [-0.4, -0.2) is 57.0 Å². The molecule has 4 N–H and O–H groups in total. The van der Waals surface area contributed by atoms with Crippen molar-refractivity contribution in [3.8, 4) is 0 Å². The molecule has 3 amide bonds. The first kappa shape index (κ1) is 27.1. The highest BCUT2D eigenvalue weighted by Gasteiger charge is 2.51. The molecule has 0 spiro atoms. The fourth-order valence-electron chi connectivity index (χ4n) is 5.98. The number of alkyl carbamates (subject to hydrolysis) is 1. The van der Waals surface area contributed by atoms with Crippen molar-refractivity contribution in [1.82, 2.24) is 20.5 Å². The Labute approximate surface area is 241 Å². The molecule has 0 aliphatic carbocycles. The quantitative estimate of drug-likeness (QED) is 0.257. The molecular formula is C32H30N4O6. The molecule has 4 atom stereocenters. The summed E-state index contributed by atoms with van der Waals surface area (Å²) in [5, 5.41) is 16.2. The Morgan fingerprint density at radius 1 is 0.952 bits per heavy atom. The minimum Gasteiger partial charge on any atom is -0.480 e. The molecule has 0 unspecified atom stereocenters. The molecule has 3 heterocycles. The normalized spacial score (nSPS) is 20.0. The van der Waals surface area contributed by atoms with Crippen molar-refractivity contribution in [3.63, 3.8) is 0 Å². The molecule has 1 saturated heterocycles. The second-order valence-electron chi connectivity index (χ2n) is 10.6. The van der Waals surface area contributed by atoms with Crippen LogP contribution in [0.5, 0.6) is 0 Å². The van der Waals surface area contributed by atoms with Gasteiger partial charge in [0, 0.05) is 35.9 Å². The van der Waals surface area contributed by atoms with Crippen LogP contribution in [0.15, 0.2) is 84.9 Å². The second kappa shape index (κ2) is 11.4. The van der Waals surface area contributed by atoms with E-state index < -0.39 is 48.0 Å². The van der Waals surface area contributed by atoms with E-state index >= 15 is 0 Å². The van der Waals surface area contributed by atoms with E-state index in [-0.39, 0.29) is 25.9 Å². The van der Waals surface area contributed by atoms with Crippen LogP contribution in [0.1, 0.15) is 34.8 Å². The molecule has 1 fully saturated rings. The van der Waals surface area contributed by atoms with Crippen LogP contribution in [-0.2, 0) is 38.6 Å². The maximum absolute atomic E-state index is 13.8. The number of ether oxygens (including phenoxy) is 1. The van der Waals surface area contributed by atoms with Crippen molar-refractivity contribution in [2.75, 3.05) is 0 Å². The number of carbonyl (C=O) groups is 4. The highest BCUT2D eigenvalue weighted by atomic mass is 16.5. The van der Waals surface area contributed by atoms with Crippen LogP contribution in [0.2, 0.25) is 0 Å². The van der Waals surface area contributed by atoms with Crippen molar-refractivity contribution < 1.29 is 29.0 Å². The summed E-state index contributed by atoms with van der Waals surface area (Å²) in [5.74, 6) is -2.14. The molecule has 0 saturated carbocycles. The number of carbonyl (C=O) groups excluding carboxylic acids is 3. The number of nitrogens with one attached hydrogen (secondary N) is 3. The van der Waals surface area contributed by atoms with Gasteiger partial charge in [0.15, 0.2) is 0 Å². The van der Waals surface area contributed by atoms with Crippen molar-refractivity contribution in [3.05, 3.63) is 107 Å². The minimum absolute atomic E-state index is 0.0515. The Hall–Kier alpha value is -5.12. The van der Waals surface area contributed by atoms with Crippen LogP contribution < -0.4 is 10.6 Å². The van der Waals surface area contributed by atoms with E-state index in [2.05, 4.69) is 15.6 Å². The number of carboxylic acids is 1. The van der Waals surface area contributed by atoms with Gasteiger partial charge in [-0.3, -0.25) is 9.59 Å². The Balaban J connectivity index is 1.25. The largest absolute Gasteiger partial charge is 0.480 e. The molecular weight excluding hydrogens is 536 g/mol. The maximum atomic E-state index is 13.8. The fraction of sp³-hybridized carbons (Fsp3) is 0.250. The van der Waals surface area contributed by atoms with Gasteiger partial charge in [0.1, 0.15) is 24.7 Å². The highest BCUT2D eigenvalue weighted by Crippen LogP contribution is 2.43. The number of aromatic nitrogens is 1. The third-order valence-electron chi connectivity index (χ3n) is 7.97. The minimum atomic E-state index is -1.18. The first-order valence-electron chi connectivity index (χ1n) is 13.8. The predicted octanol–water partition coefficient (Wildman–Crippen LogP) is 3.47. The lowest BCUT2D eigenvalue weighted by atomic mass is 9.91. The molecule has 2 aliphatic heterocycles. The van der Waals surface area contributed by atoms with Crippen molar-refractivity contribution in [2.45, 2.75) is 50.0 Å². The van der Waals surface area contributed by atoms with Gasteiger partial charge < -0.3 is 30.4 Å². The fourth-order valence-corrected chi connectivity index (χ4v) is 5.98. The van der Waals surface area contributed by atoms with Gasteiger partial charge in [0.2, 0.25) is 11.8 Å². The average Bonchev–Trinajstić information content (AvgIpc) is 3.54. The van der Waals surface area contributed by atoms with Crippen LogP contribution in [0.3, 0.4) is 0 Å². The van der Waals surface area contributed by atoms with E-state index in [4.69, 9.17) is 4.74 Å². The summed E-state index contributed by atoms with van der Waals surface area (Å²) in [6, 6.07) is 22.4. The second-order valence-corrected chi connectivity index (χ2v) is 10.6. The smallest absolute Gasteiger partial charge is 0.408 e. The molecule has 4 aromatic rings. The van der Waals surface area contributed by atoms with Gasteiger partial charge in [-0.25, -0.2) is 9.59 Å². The van der Waals surface area contributed by atoms with Gasteiger partial charge in [-0.2, -0.15) is 0 Å². The van der Waals surface area contributed by atoms with Crippen LogP contribution in [0, 0.1) is 0 Å². The predicted molar refractivity (Wildman–Crippen MR) is 153 cm³/mol. The molecule has 42 heavy (non-hydrogen) atoms. The molecule has 6 rings (SSSR count). The summed E-state index contributed by atoms with van der Waals surface area (Å²) in [7, 11) is 0. The van der Waals surface area contributed by atoms with Crippen LogP contribution >= 0.6 is 0 Å². The number of nitrogens with zero attached hydrogens (tertiary/aromatic N) is 1. The average molecular weight is 567 g/mol. The van der Waals surface area contributed by atoms with Crippen LogP contribution in [0.25, 0.3) is 10.9 Å². The molecule has 10 nitrogen and oxygen atoms in total. The number of hydrogen-bond donors (Lipinski definition) is 4. The van der Waals surface area contributed by atoms with Gasteiger partial charge in [-0.1, -0.05) is 78.9 Å². The van der Waals surface area contributed by atoms with Gasteiger partial charge in [-0.05, 0) is 22.8 Å². The number of rotatable bonds is 8. The molecule has 214 valence electrons. The first-order valence-corrected chi connectivity index (χ1v) is 13.8. The maximum Gasteiger partial charge on any atom is 0.408 e. The SMILES string of the molecule is O=C(N[C@@H]1C[C@H]2c3[nH]c4ccccc4c3C[C@H](C(=O)N[C@@H](Cc3ccccc3)C(=O)O)N2C1=O)OCc1ccccc1. The molecule has 0 radical (unpaired) electrons. The summed E-state index contributed by atoms with van der Waals surface area (Å²) < 4.78 is 5.35. The Bertz CT molecular complexity index is 1640. The van der Waals surface area contributed by atoms with E-state index in [0.29, 0.717) is 0 Å². The number of benzene rings is 3. The number of fused-ring (bicyclic) bond motifs is 5. The standard InChI is InChI=1S/C32H30N4O6/c37-29(34-25(31(39)40)15-19-9-3-1-4-10-19)27-16-22-21-13-7-8-14-23(21)33-28(22)26-17-24(30(38)36(26)27)35-32(41)42-18-20-11-5-2-6-12-20/h1-14,24-27,33H,15-18H2,(H,34,37)(H,35,41)(H,39,40)/t24-,25+,26+,27-/m1/s1. The molecule has 0 bridgehead atoms. The summed E-state index contributed by atoms with van der Waals surface area (Å²) in [6.45, 7) is 0.0515. The number of aliphatic carboxylic acids is 1. The van der Waals surface area contributed by atoms with E-state index in [1.165, 1.54) is 4.90 Å². The lowest BCUT2D eigenvalue weighted by Gasteiger charge is -2.37. The number of aromatic amines is 1. The third-order valence-corrected chi connectivity index (χ3v) is 7.97. The molecule has 3 aromatic carbocycles. The number of H-pyrrole nitrogens is 1. The van der Waals surface area contributed by atoms with Crippen LogP contribution in [0.4, 0.5) is 4.79 Å². The lowest BCUT2D eigenvalue weighted by Crippen LogP contribution is -2.56. The molecule has 10 heteroatoms. The van der Waals surface area contributed by atoms with Crippen molar-refractivity contribution in [2.24, 2.45) is 0 Å². The van der Waals surface area contributed by atoms with E-state index in [9.17, 15) is 24.3 Å². The summed E-state index contributed by atoms with van der Waals surface area (Å²) in [6.07, 6.45) is -0.198. The lowest BCUT2D eigenvalue weighted by molar-refractivity contribution is -0.145. The summed E-state index contributed by atoms with van der Waals surface area (Å²) in [4.78, 5) is 57.2. The van der Waals surface area contributed by atoms with Gasteiger partial charge in [0.05, 0.1) is 6.04 Å². The number of carboxylic acid groups (broad SMARTS) is 1. The topological polar surface area (TPSA) is 141 Å². The highest BCUT2D eigenvalue weighted by molar-refractivity contribution is 5.97. The monoisotopic (exact) mass is 566 g/mol. The zero-order valence-electron chi connectivity index (χ0n) is 22.7. The first-order chi connectivity index (χ1) is 20.4. The van der Waals surface area contributed by atoms with Crippen molar-refractivity contribution in [1.29, 1.82) is 0 Å². The Morgan fingerprint density at radius 3 is 2.33 bits per heavy atom. The van der Waals surface area contributed by atoms with Gasteiger partial charge >= 0.3 is 12.1 Å². The van der Waals surface area contributed by atoms with Crippen molar-refractivity contribution >= 4 is 34.8 Å². The Morgan fingerprint density at radius 2 is 1.62 bits per heavy atom. The zero-order valence-corrected chi connectivity index (χ0v) is 22.7. The van der Waals surface area contributed by atoms with Gasteiger partial charge in [-0.15, -0.1) is 0 Å². The number of amides is 3. The van der Waals surface area contributed by atoms with E-state index in [1.54, 1.807) is 24.3 Å². The van der Waals surface area contributed by atoms with E-state index in [1.807, 2.05) is 60.7 Å². The number of para-hydroxylation sites is 1.